The number of thioether (sulfide) groups is 1. The molecular formula is C15H21BrN2OS. The number of nitrogens with one attached hydrogen (secondary N) is 2. The number of halogens is 1. The lowest BCUT2D eigenvalue weighted by Crippen LogP contribution is -2.30. The van der Waals surface area contributed by atoms with Crippen molar-refractivity contribution >= 4 is 39.3 Å². The lowest BCUT2D eigenvalue weighted by Gasteiger charge is -2.21. The van der Waals surface area contributed by atoms with Crippen molar-refractivity contribution in [3.8, 4) is 0 Å². The zero-order valence-corrected chi connectivity index (χ0v) is 14.1. The van der Waals surface area contributed by atoms with Gasteiger partial charge >= 0.3 is 0 Å². The first-order chi connectivity index (χ1) is 9.69. The predicted molar refractivity (Wildman–Crippen MR) is 90.5 cm³/mol. The Hall–Kier alpha value is -0.520. The molecule has 0 bridgehead atoms. The summed E-state index contributed by atoms with van der Waals surface area (Å²) >= 11 is 5.24. The molecule has 2 rings (SSSR count). The smallest absolute Gasteiger partial charge is 0.234 e. The fourth-order valence-corrected chi connectivity index (χ4v) is 3.76. The van der Waals surface area contributed by atoms with Crippen molar-refractivity contribution in [1.29, 1.82) is 0 Å². The third-order valence-corrected chi connectivity index (χ3v) is 5.32. The minimum absolute atomic E-state index is 0.102. The van der Waals surface area contributed by atoms with Crippen LogP contribution in [0.1, 0.15) is 25.3 Å². The first-order valence-electron chi connectivity index (χ1n) is 7.09. The second-order valence-corrected chi connectivity index (χ2v) is 7.17. The van der Waals surface area contributed by atoms with Crippen molar-refractivity contribution in [3.63, 3.8) is 0 Å². The van der Waals surface area contributed by atoms with Crippen LogP contribution in [0.2, 0.25) is 0 Å². The summed E-state index contributed by atoms with van der Waals surface area (Å²) in [6, 6.07) is 6.00. The van der Waals surface area contributed by atoms with E-state index in [9.17, 15) is 4.79 Å². The number of hydrogen-bond acceptors (Lipinski definition) is 3. The zero-order chi connectivity index (χ0) is 14.4. The Morgan fingerprint density at radius 3 is 2.90 bits per heavy atom. The lowest BCUT2D eigenvalue weighted by molar-refractivity contribution is -0.113. The van der Waals surface area contributed by atoms with Crippen LogP contribution in [-0.4, -0.2) is 30.0 Å². The number of aryl methyl sites for hydroxylation is 1. The van der Waals surface area contributed by atoms with Gasteiger partial charge in [0.25, 0.3) is 0 Å². The number of rotatable bonds is 5. The summed E-state index contributed by atoms with van der Waals surface area (Å²) in [5, 5.41) is 7.00. The largest absolute Gasteiger partial charge is 0.325 e. The maximum atomic E-state index is 12.0. The molecule has 1 saturated heterocycles. The standard InChI is InChI=1S/C15H21BrN2OS/c1-2-11-9-12(16)3-4-14(11)18-15(19)10-20-13-5-7-17-8-6-13/h3-4,9,13,17H,2,5-8,10H2,1H3,(H,18,19). The number of carbonyl (C=O) groups is 1. The molecule has 2 N–H and O–H groups in total. The highest BCUT2D eigenvalue weighted by molar-refractivity contribution is 9.10. The van der Waals surface area contributed by atoms with Crippen molar-refractivity contribution < 1.29 is 4.79 Å². The Bertz CT molecular complexity index is 461. The molecule has 1 fully saturated rings. The number of anilines is 1. The van der Waals surface area contributed by atoms with Gasteiger partial charge in [-0.2, -0.15) is 0 Å². The topological polar surface area (TPSA) is 41.1 Å². The second kappa shape index (κ2) is 8.05. The Morgan fingerprint density at radius 2 is 2.20 bits per heavy atom. The van der Waals surface area contributed by atoms with Gasteiger partial charge in [-0.15, -0.1) is 11.8 Å². The second-order valence-electron chi connectivity index (χ2n) is 4.96. The van der Waals surface area contributed by atoms with Crippen LogP contribution < -0.4 is 10.6 Å². The van der Waals surface area contributed by atoms with Crippen molar-refractivity contribution in [2.75, 3.05) is 24.2 Å². The van der Waals surface area contributed by atoms with Gasteiger partial charge in [-0.3, -0.25) is 4.79 Å². The van der Waals surface area contributed by atoms with Crippen LogP contribution in [0, 0.1) is 0 Å². The Balaban J connectivity index is 1.84. The van der Waals surface area contributed by atoms with Crippen LogP contribution in [0.25, 0.3) is 0 Å². The third kappa shape index (κ3) is 4.79. The first kappa shape index (κ1) is 15.9. The van der Waals surface area contributed by atoms with Gasteiger partial charge in [0.1, 0.15) is 0 Å². The molecule has 0 aromatic heterocycles. The van der Waals surface area contributed by atoms with Gasteiger partial charge in [0, 0.05) is 15.4 Å². The number of amides is 1. The molecule has 0 unspecified atom stereocenters. The number of carbonyl (C=O) groups excluding carboxylic acids is 1. The molecule has 0 atom stereocenters. The summed E-state index contributed by atoms with van der Waals surface area (Å²) in [6.45, 7) is 4.25. The van der Waals surface area contributed by atoms with E-state index in [0.717, 1.165) is 42.5 Å². The summed E-state index contributed by atoms with van der Waals surface area (Å²) in [7, 11) is 0. The number of hydrogen-bond donors (Lipinski definition) is 2. The average Bonchev–Trinajstić information content (AvgIpc) is 2.48. The van der Waals surface area contributed by atoms with Crippen molar-refractivity contribution in [2.24, 2.45) is 0 Å². The quantitative estimate of drug-likeness (QED) is 0.848. The predicted octanol–water partition coefficient (Wildman–Crippen LogP) is 3.44. The van der Waals surface area contributed by atoms with Crippen LogP contribution in [0.5, 0.6) is 0 Å². The fourth-order valence-electron chi connectivity index (χ4n) is 2.32. The highest BCUT2D eigenvalue weighted by Crippen LogP contribution is 2.23. The molecule has 3 nitrogen and oxygen atoms in total. The maximum Gasteiger partial charge on any atom is 0.234 e. The normalized spacial score (nSPS) is 16.1. The van der Waals surface area contributed by atoms with E-state index in [-0.39, 0.29) is 5.91 Å². The van der Waals surface area contributed by atoms with E-state index in [0.29, 0.717) is 11.0 Å². The van der Waals surface area contributed by atoms with Crippen LogP contribution in [0.4, 0.5) is 5.69 Å². The molecule has 1 aromatic carbocycles. The van der Waals surface area contributed by atoms with Crippen LogP contribution in [0.3, 0.4) is 0 Å². The minimum atomic E-state index is 0.102. The highest BCUT2D eigenvalue weighted by Gasteiger charge is 2.15. The molecule has 110 valence electrons. The van der Waals surface area contributed by atoms with Gasteiger partial charge < -0.3 is 10.6 Å². The molecule has 1 heterocycles. The molecule has 1 amide bonds. The number of piperidine rings is 1. The highest BCUT2D eigenvalue weighted by atomic mass is 79.9. The molecule has 5 heteroatoms. The minimum Gasteiger partial charge on any atom is -0.325 e. The molecule has 0 aliphatic carbocycles. The van der Waals surface area contributed by atoms with Gasteiger partial charge in [0.2, 0.25) is 5.91 Å². The van der Waals surface area contributed by atoms with Crippen molar-refractivity contribution in [2.45, 2.75) is 31.4 Å². The van der Waals surface area contributed by atoms with E-state index in [4.69, 9.17) is 0 Å². The lowest BCUT2D eigenvalue weighted by atomic mass is 10.1. The summed E-state index contributed by atoms with van der Waals surface area (Å²) in [4.78, 5) is 12.0. The molecule has 0 radical (unpaired) electrons. The molecule has 20 heavy (non-hydrogen) atoms. The fraction of sp³-hybridized carbons (Fsp3) is 0.533. The van der Waals surface area contributed by atoms with E-state index < -0.39 is 0 Å². The summed E-state index contributed by atoms with van der Waals surface area (Å²) in [5.74, 6) is 0.648. The third-order valence-electron chi connectivity index (χ3n) is 3.46. The molecular weight excluding hydrogens is 336 g/mol. The van der Waals surface area contributed by atoms with E-state index in [1.807, 2.05) is 12.1 Å². The Kier molecular flexibility index (Phi) is 6.39. The van der Waals surface area contributed by atoms with Crippen LogP contribution >= 0.6 is 27.7 Å². The SMILES string of the molecule is CCc1cc(Br)ccc1NC(=O)CSC1CCNCC1. The van der Waals surface area contributed by atoms with Gasteiger partial charge in [-0.1, -0.05) is 22.9 Å². The molecule has 1 aromatic rings. The van der Waals surface area contributed by atoms with E-state index in [1.54, 1.807) is 11.8 Å². The van der Waals surface area contributed by atoms with Gasteiger partial charge in [0.15, 0.2) is 0 Å². The van der Waals surface area contributed by atoms with E-state index in [1.165, 1.54) is 5.56 Å². The molecule has 1 aliphatic rings. The first-order valence-corrected chi connectivity index (χ1v) is 8.94. The van der Waals surface area contributed by atoms with Crippen molar-refractivity contribution in [3.05, 3.63) is 28.2 Å². The van der Waals surface area contributed by atoms with Gasteiger partial charge in [-0.25, -0.2) is 0 Å². The molecule has 0 saturated carbocycles. The molecule has 0 spiro atoms. The Labute approximate surface area is 133 Å². The van der Waals surface area contributed by atoms with Gasteiger partial charge in [0.05, 0.1) is 5.75 Å². The zero-order valence-electron chi connectivity index (χ0n) is 11.7. The van der Waals surface area contributed by atoms with Crippen LogP contribution in [0.15, 0.2) is 22.7 Å². The molecule has 1 aliphatic heterocycles. The maximum absolute atomic E-state index is 12.0. The van der Waals surface area contributed by atoms with Crippen molar-refractivity contribution in [1.82, 2.24) is 5.32 Å². The average molecular weight is 357 g/mol. The summed E-state index contributed by atoms with van der Waals surface area (Å²) in [5.41, 5.74) is 2.10. The van der Waals surface area contributed by atoms with E-state index in [2.05, 4.69) is 39.6 Å². The summed E-state index contributed by atoms with van der Waals surface area (Å²) < 4.78 is 1.05. The van der Waals surface area contributed by atoms with Gasteiger partial charge in [-0.05, 0) is 56.1 Å². The van der Waals surface area contributed by atoms with Crippen LogP contribution in [-0.2, 0) is 11.2 Å². The monoisotopic (exact) mass is 356 g/mol. The Morgan fingerprint density at radius 1 is 1.45 bits per heavy atom. The van der Waals surface area contributed by atoms with E-state index >= 15 is 0 Å². The summed E-state index contributed by atoms with van der Waals surface area (Å²) in [6.07, 6.45) is 3.24. The number of benzene rings is 1.